The van der Waals surface area contributed by atoms with Gasteiger partial charge in [0.05, 0.1) is 13.2 Å². The fourth-order valence-electron chi connectivity index (χ4n) is 2.66. The van der Waals surface area contributed by atoms with Crippen molar-refractivity contribution in [1.29, 1.82) is 0 Å². The van der Waals surface area contributed by atoms with Crippen LogP contribution in [0.2, 0.25) is 0 Å². The first-order valence-corrected chi connectivity index (χ1v) is 7.85. The highest BCUT2D eigenvalue weighted by molar-refractivity contribution is 4.83. The van der Waals surface area contributed by atoms with E-state index in [2.05, 4.69) is 31.0 Å². The van der Waals surface area contributed by atoms with Crippen molar-refractivity contribution in [3.63, 3.8) is 0 Å². The molecule has 0 aromatic carbocycles. The Morgan fingerprint density at radius 2 is 1.72 bits per heavy atom. The van der Waals surface area contributed by atoms with E-state index >= 15 is 0 Å². The van der Waals surface area contributed by atoms with Crippen molar-refractivity contribution in [3.05, 3.63) is 0 Å². The molecule has 0 aliphatic carbocycles. The molecule has 1 N–H and O–H groups in total. The van der Waals surface area contributed by atoms with E-state index in [9.17, 15) is 0 Å². The summed E-state index contributed by atoms with van der Waals surface area (Å²) in [6.07, 6.45) is 5.23. The van der Waals surface area contributed by atoms with Crippen molar-refractivity contribution < 1.29 is 4.74 Å². The number of nitrogens with zero attached hydrogens (tertiary/aromatic N) is 1. The molecule has 1 saturated heterocycles. The molecule has 0 aromatic rings. The van der Waals surface area contributed by atoms with E-state index in [0.717, 1.165) is 19.8 Å². The molecule has 0 radical (unpaired) electrons. The van der Waals surface area contributed by atoms with Crippen molar-refractivity contribution in [2.75, 3.05) is 39.4 Å². The molecule has 3 nitrogen and oxygen atoms in total. The lowest BCUT2D eigenvalue weighted by Gasteiger charge is -2.27. The molecule has 3 heteroatoms. The van der Waals surface area contributed by atoms with Gasteiger partial charge < -0.3 is 15.0 Å². The molecular weight excluding hydrogens is 224 g/mol. The van der Waals surface area contributed by atoms with Crippen molar-refractivity contribution in [1.82, 2.24) is 10.2 Å². The van der Waals surface area contributed by atoms with Gasteiger partial charge in [-0.15, -0.1) is 0 Å². The van der Waals surface area contributed by atoms with Crippen LogP contribution in [0.25, 0.3) is 0 Å². The van der Waals surface area contributed by atoms with Gasteiger partial charge in [-0.25, -0.2) is 0 Å². The standard InChI is InChI=1S/C15H32N2O/c1-4-7-9-17(10-8-5-2)11-14-12-18-13-15(14)16-6-3/h14-16H,4-13H2,1-3H3. The van der Waals surface area contributed by atoms with Gasteiger partial charge in [-0.1, -0.05) is 33.6 Å². The largest absolute Gasteiger partial charge is 0.379 e. The summed E-state index contributed by atoms with van der Waals surface area (Å²) in [6.45, 7) is 13.3. The van der Waals surface area contributed by atoms with Crippen LogP contribution in [0.4, 0.5) is 0 Å². The third kappa shape index (κ3) is 5.68. The van der Waals surface area contributed by atoms with Gasteiger partial charge in [0.15, 0.2) is 0 Å². The third-order valence-electron chi connectivity index (χ3n) is 3.81. The van der Waals surface area contributed by atoms with Gasteiger partial charge in [-0.3, -0.25) is 0 Å². The predicted molar refractivity (Wildman–Crippen MR) is 78.0 cm³/mol. The van der Waals surface area contributed by atoms with Gasteiger partial charge >= 0.3 is 0 Å². The molecule has 1 rings (SSSR count). The van der Waals surface area contributed by atoms with Gasteiger partial charge in [0.25, 0.3) is 0 Å². The van der Waals surface area contributed by atoms with Crippen molar-refractivity contribution in [2.24, 2.45) is 5.92 Å². The molecule has 18 heavy (non-hydrogen) atoms. The summed E-state index contributed by atoms with van der Waals surface area (Å²) >= 11 is 0. The lowest BCUT2D eigenvalue weighted by atomic mass is 10.0. The van der Waals surface area contributed by atoms with E-state index in [1.165, 1.54) is 45.3 Å². The summed E-state index contributed by atoms with van der Waals surface area (Å²) < 4.78 is 5.64. The minimum absolute atomic E-state index is 0.570. The Bertz CT molecular complexity index is 191. The average molecular weight is 256 g/mol. The fraction of sp³-hybridized carbons (Fsp3) is 1.00. The summed E-state index contributed by atoms with van der Waals surface area (Å²) in [5.74, 6) is 0.679. The lowest BCUT2D eigenvalue weighted by Crippen LogP contribution is -2.42. The second-order valence-electron chi connectivity index (χ2n) is 5.47. The van der Waals surface area contributed by atoms with Gasteiger partial charge in [0.1, 0.15) is 0 Å². The van der Waals surface area contributed by atoms with Crippen molar-refractivity contribution >= 4 is 0 Å². The summed E-state index contributed by atoms with van der Waals surface area (Å²) in [5.41, 5.74) is 0. The first-order chi connectivity index (χ1) is 8.81. The highest BCUT2D eigenvalue weighted by atomic mass is 16.5. The van der Waals surface area contributed by atoms with Gasteiger partial charge in [-0.2, -0.15) is 0 Å². The predicted octanol–water partition coefficient (Wildman–Crippen LogP) is 2.51. The minimum atomic E-state index is 0.570. The Labute approximate surface area is 113 Å². The summed E-state index contributed by atoms with van der Waals surface area (Å²) in [6, 6.07) is 0.570. The van der Waals surface area contributed by atoms with Crippen molar-refractivity contribution in [3.8, 4) is 0 Å². The molecule has 0 amide bonds. The summed E-state index contributed by atoms with van der Waals surface area (Å²) in [4.78, 5) is 2.65. The van der Waals surface area contributed by atoms with Crippen LogP contribution in [0, 0.1) is 5.92 Å². The first-order valence-electron chi connectivity index (χ1n) is 7.85. The molecule has 1 aliphatic rings. The number of unbranched alkanes of at least 4 members (excludes halogenated alkanes) is 2. The Hall–Kier alpha value is -0.120. The monoisotopic (exact) mass is 256 g/mol. The Morgan fingerprint density at radius 1 is 1.06 bits per heavy atom. The zero-order valence-electron chi connectivity index (χ0n) is 12.6. The summed E-state index contributed by atoms with van der Waals surface area (Å²) in [7, 11) is 0. The number of hydrogen-bond acceptors (Lipinski definition) is 3. The quantitative estimate of drug-likeness (QED) is 0.650. The normalized spacial score (nSPS) is 24.0. The number of hydrogen-bond donors (Lipinski definition) is 1. The number of likely N-dealkylation sites (N-methyl/N-ethyl adjacent to an activating group) is 1. The topological polar surface area (TPSA) is 24.5 Å². The number of nitrogens with one attached hydrogen (secondary N) is 1. The maximum atomic E-state index is 5.64. The highest BCUT2D eigenvalue weighted by Crippen LogP contribution is 2.16. The van der Waals surface area contributed by atoms with Crippen LogP contribution in [0.1, 0.15) is 46.5 Å². The van der Waals surface area contributed by atoms with Gasteiger partial charge in [-0.05, 0) is 32.5 Å². The molecule has 108 valence electrons. The third-order valence-corrected chi connectivity index (χ3v) is 3.81. The molecule has 0 bridgehead atoms. The second kappa shape index (κ2) is 9.76. The van der Waals surface area contributed by atoms with Gasteiger partial charge in [0.2, 0.25) is 0 Å². The maximum absolute atomic E-state index is 5.64. The fourth-order valence-corrected chi connectivity index (χ4v) is 2.66. The minimum Gasteiger partial charge on any atom is -0.379 e. The number of rotatable bonds is 10. The summed E-state index contributed by atoms with van der Waals surface area (Å²) in [5, 5.41) is 3.56. The van der Waals surface area contributed by atoms with E-state index in [4.69, 9.17) is 4.74 Å². The van der Waals surface area contributed by atoms with E-state index in [0.29, 0.717) is 12.0 Å². The van der Waals surface area contributed by atoms with Crippen LogP contribution in [0.15, 0.2) is 0 Å². The SMILES string of the molecule is CCCCN(CCCC)CC1COCC1NCC. The van der Waals surface area contributed by atoms with Crippen LogP contribution < -0.4 is 5.32 Å². The molecule has 2 atom stereocenters. The van der Waals surface area contributed by atoms with E-state index in [-0.39, 0.29) is 0 Å². The molecule has 0 saturated carbocycles. The maximum Gasteiger partial charge on any atom is 0.0623 e. The zero-order valence-corrected chi connectivity index (χ0v) is 12.6. The molecule has 1 aliphatic heterocycles. The van der Waals surface area contributed by atoms with Crippen LogP contribution >= 0.6 is 0 Å². The second-order valence-corrected chi connectivity index (χ2v) is 5.47. The Morgan fingerprint density at radius 3 is 2.28 bits per heavy atom. The van der Waals surface area contributed by atoms with Crippen molar-refractivity contribution in [2.45, 2.75) is 52.5 Å². The molecule has 0 aromatic heterocycles. The van der Waals surface area contributed by atoms with E-state index in [1.807, 2.05) is 0 Å². The first kappa shape index (κ1) is 15.9. The van der Waals surface area contributed by atoms with Crippen LogP contribution in [0.3, 0.4) is 0 Å². The number of ether oxygens (including phenoxy) is 1. The smallest absolute Gasteiger partial charge is 0.0623 e. The van der Waals surface area contributed by atoms with E-state index < -0.39 is 0 Å². The Balaban J connectivity index is 2.36. The van der Waals surface area contributed by atoms with Crippen LogP contribution in [-0.2, 0) is 4.74 Å². The van der Waals surface area contributed by atoms with E-state index in [1.54, 1.807) is 0 Å². The Kier molecular flexibility index (Phi) is 8.64. The average Bonchev–Trinajstić information content (AvgIpc) is 2.80. The van der Waals surface area contributed by atoms with Gasteiger partial charge in [0, 0.05) is 18.5 Å². The molecule has 2 unspecified atom stereocenters. The molecule has 0 spiro atoms. The lowest BCUT2D eigenvalue weighted by molar-refractivity contribution is 0.165. The van der Waals surface area contributed by atoms with Crippen LogP contribution in [0.5, 0.6) is 0 Å². The molecular formula is C15H32N2O. The highest BCUT2D eigenvalue weighted by Gasteiger charge is 2.28. The molecule has 1 heterocycles. The zero-order chi connectivity index (χ0) is 13.2. The molecule has 1 fully saturated rings. The van der Waals surface area contributed by atoms with Crippen LogP contribution in [-0.4, -0.2) is 50.3 Å².